The van der Waals surface area contributed by atoms with Crippen LogP contribution in [-0.4, -0.2) is 31.3 Å². The van der Waals surface area contributed by atoms with Crippen LogP contribution in [0.2, 0.25) is 0 Å². The molecule has 2 aromatic rings. The molecular formula is C19H27N3O2S. The summed E-state index contributed by atoms with van der Waals surface area (Å²) in [6.45, 7) is 8.37. The molecule has 1 aromatic carbocycles. The molecule has 6 heteroatoms. The van der Waals surface area contributed by atoms with Gasteiger partial charge in [-0.25, -0.2) is 4.99 Å². The molecule has 0 aliphatic heterocycles. The highest BCUT2D eigenvalue weighted by molar-refractivity contribution is 7.10. The van der Waals surface area contributed by atoms with Gasteiger partial charge in [0, 0.05) is 28.9 Å². The van der Waals surface area contributed by atoms with Gasteiger partial charge in [0.2, 0.25) is 0 Å². The number of phenols is 1. The number of nitrogens with zero attached hydrogens (tertiary/aromatic N) is 1. The Labute approximate surface area is 153 Å². The van der Waals surface area contributed by atoms with Crippen LogP contribution in [0.1, 0.15) is 31.2 Å². The van der Waals surface area contributed by atoms with Crippen molar-refractivity contribution < 1.29 is 9.84 Å². The van der Waals surface area contributed by atoms with Gasteiger partial charge in [-0.3, -0.25) is 0 Å². The SMILES string of the molecule is CCNC(=NCc1cccc(OC)c1O)NCC(C)(C)c1cccs1. The Bertz CT molecular complexity index is 697. The minimum Gasteiger partial charge on any atom is -0.504 e. The summed E-state index contributed by atoms with van der Waals surface area (Å²) in [6, 6.07) is 9.66. The molecule has 1 aromatic heterocycles. The Morgan fingerprint density at radius 2 is 2.04 bits per heavy atom. The van der Waals surface area contributed by atoms with Gasteiger partial charge in [-0.2, -0.15) is 0 Å². The van der Waals surface area contributed by atoms with Gasteiger partial charge in [0.1, 0.15) is 0 Å². The van der Waals surface area contributed by atoms with E-state index in [1.54, 1.807) is 24.5 Å². The first-order valence-electron chi connectivity index (χ1n) is 8.39. The number of hydrogen-bond acceptors (Lipinski definition) is 4. The molecule has 0 radical (unpaired) electrons. The van der Waals surface area contributed by atoms with E-state index in [1.165, 1.54) is 4.88 Å². The third-order valence-electron chi connectivity index (χ3n) is 3.94. The van der Waals surface area contributed by atoms with Crippen molar-refractivity contribution >= 4 is 17.3 Å². The zero-order chi connectivity index (χ0) is 18.3. The highest BCUT2D eigenvalue weighted by Gasteiger charge is 2.21. The van der Waals surface area contributed by atoms with Crippen LogP contribution in [0.4, 0.5) is 0 Å². The molecule has 0 saturated carbocycles. The summed E-state index contributed by atoms with van der Waals surface area (Å²) >= 11 is 1.76. The van der Waals surface area contributed by atoms with Crippen molar-refractivity contribution in [3.63, 3.8) is 0 Å². The van der Waals surface area contributed by atoms with Gasteiger partial charge in [-0.15, -0.1) is 11.3 Å². The molecule has 0 spiro atoms. The first-order valence-corrected chi connectivity index (χ1v) is 9.27. The van der Waals surface area contributed by atoms with Crippen LogP contribution in [0.5, 0.6) is 11.5 Å². The maximum absolute atomic E-state index is 10.2. The predicted molar refractivity (Wildman–Crippen MR) is 105 cm³/mol. The summed E-state index contributed by atoms with van der Waals surface area (Å²) in [7, 11) is 1.54. The molecule has 0 amide bonds. The molecule has 2 rings (SSSR count). The van der Waals surface area contributed by atoms with Crippen molar-refractivity contribution in [1.29, 1.82) is 0 Å². The van der Waals surface area contributed by atoms with Crippen LogP contribution in [0, 0.1) is 0 Å². The molecule has 3 N–H and O–H groups in total. The third-order valence-corrected chi connectivity index (χ3v) is 5.18. The fourth-order valence-electron chi connectivity index (χ4n) is 2.42. The van der Waals surface area contributed by atoms with E-state index in [2.05, 4.69) is 47.0 Å². The molecular weight excluding hydrogens is 334 g/mol. The highest BCUT2D eigenvalue weighted by atomic mass is 32.1. The van der Waals surface area contributed by atoms with Gasteiger partial charge < -0.3 is 20.5 Å². The average molecular weight is 362 g/mol. The summed E-state index contributed by atoms with van der Waals surface area (Å²) in [5.74, 6) is 1.34. The number of thiophene rings is 1. The molecule has 0 bridgehead atoms. The molecule has 0 saturated heterocycles. The lowest BCUT2D eigenvalue weighted by molar-refractivity contribution is 0.370. The lowest BCUT2D eigenvalue weighted by atomic mass is 9.91. The first kappa shape index (κ1) is 19.1. The Morgan fingerprint density at radius 3 is 2.68 bits per heavy atom. The van der Waals surface area contributed by atoms with Crippen molar-refractivity contribution in [1.82, 2.24) is 10.6 Å². The molecule has 25 heavy (non-hydrogen) atoms. The number of para-hydroxylation sites is 1. The Balaban J connectivity index is 2.06. The zero-order valence-corrected chi connectivity index (χ0v) is 16.1. The zero-order valence-electron chi connectivity index (χ0n) is 15.3. The number of guanidine groups is 1. The summed E-state index contributed by atoms with van der Waals surface area (Å²) < 4.78 is 5.14. The molecule has 0 aliphatic rings. The van der Waals surface area contributed by atoms with Crippen LogP contribution >= 0.6 is 11.3 Å². The summed E-state index contributed by atoms with van der Waals surface area (Å²) in [6.07, 6.45) is 0. The average Bonchev–Trinajstić information content (AvgIpc) is 3.14. The fraction of sp³-hybridized carbons (Fsp3) is 0.421. The molecule has 1 heterocycles. The number of rotatable bonds is 7. The smallest absolute Gasteiger partial charge is 0.191 e. The van der Waals surface area contributed by atoms with Gasteiger partial charge in [0.25, 0.3) is 0 Å². The molecule has 0 atom stereocenters. The second kappa shape index (κ2) is 8.76. The standard InChI is InChI=1S/C19H27N3O2S/c1-5-20-18(22-13-19(2,3)16-10-7-11-25-16)21-12-14-8-6-9-15(24-4)17(14)23/h6-11,23H,5,12-13H2,1-4H3,(H2,20,21,22). The van der Waals surface area contributed by atoms with Crippen molar-refractivity contribution in [2.45, 2.75) is 32.7 Å². The van der Waals surface area contributed by atoms with E-state index < -0.39 is 0 Å². The van der Waals surface area contributed by atoms with Gasteiger partial charge in [-0.05, 0) is 24.4 Å². The normalized spacial score (nSPS) is 12.1. The van der Waals surface area contributed by atoms with Crippen LogP contribution in [0.25, 0.3) is 0 Å². The van der Waals surface area contributed by atoms with Crippen LogP contribution in [0.3, 0.4) is 0 Å². The van der Waals surface area contributed by atoms with Crippen LogP contribution < -0.4 is 15.4 Å². The van der Waals surface area contributed by atoms with Crippen molar-refractivity contribution in [3.8, 4) is 11.5 Å². The first-order chi connectivity index (χ1) is 12.0. The van der Waals surface area contributed by atoms with E-state index in [1.807, 2.05) is 19.1 Å². The monoisotopic (exact) mass is 361 g/mol. The lowest BCUT2D eigenvalue weighted by Crippen LogP contribution is -2.43. The maximum Gasteiger partial charge on any atom is 0.191 e. The van der Waals surface area contributed by atoms with E-state index in [0.29, 0.717) is 12.3 Å². The molecule has 0 aliphatic carbocycles. The molecule has 136 valence electrons. The number of phenolic OH excluding ortho intramolecular Hbond substituents is 1. The topological polar surface area (TPSA) is 65.9 Å². The number of aliphatic imine (C=N–C) groups is 1. The summed E-state index contributed by atoms with van der Waals surface area (Å²) in [5.41, 5.74) is 0.747. The number of aromatic hydroxyl groups is 1. The number of nitrogens with one attached hydrogen (secondary N) is 2. The highest BCUT2D eigenvalue weighted by Crippen LogP contribution is 2.30. The predicted octanol–water partition coefficient (Wildman–Crippen LogP) is 3.50. The number of hydrogen-bond donors (Lipinski definition) is 3. The van der Waals surface area contributed by atoms with Gasteiger partial charge in [0.15, 0.2) is 17.5 Å². The second-order valence-electron chi connectivity index (χ2n) is 6.38. The number of ether oxygens (including phenoxy) is 1. The molecule has 0 unspecified atom stereocenters. The summed E-state index contributed by atoms with van der Waals surface area (Å²) in [5, 5.41) is 18.9. The van der Waals surface area contributed by atoms with Crippen LogP contribution in [-0.2, 0) is 12.0 Å². The van der Waals surface area contributed by atoms with Crippen molar-refractivity contribution in [2.24, 2.45) is 4.99 Å². The Kier molecular flexibility index (Phi) is 6.70. The fourth-order valence-corrected chi connectivity index (χ4v) is 3.27. The summed E-state index contributed by atoms with van der Waals surface area (Å²) in [4.78, 5) is 5.92. The lowest BCUT2D eigenvalue weighted by Gasteiger charge is -2.25. The van der Waals surface area contributed by atoms with Crippen molar-refractivity contribution in [3.05, 3.63) is 46.2 Å². The molecule has 0 fully saturated rings. The third kappa shape index (κ3) is 5.13. The van der Waals surface area contributed by atoms with E-state index in [-0.39, 0.29) is 11.2 Å². The van der Waals surface area contributed by atoms with Gasteiger partial charge >= 0.3 is 0 Å². The van der Waals surface area contributed by atoms with Crippen LogP contribution in [0.15, 0.2) is 40.7 Å². The minimum absolute atomic E-state index is 0.0163. The number of methoxy groups -OCH3 is 1. The Hall–Kier alpha value is -2.21. The van der Waals surface area contributed by atoms with Crippen molar-refractivity contribution in [2.75, 3.05) is 20.2 Å². The largest absolute Gasteiger partial charge is 0.504 e. The number of benzene rings is 1. The van der Waals surface area contributed by atoms with E-state index in [0.717, 1.165) is 24.6 Å². The molecule has 5 nitrogen and oxygen atoms in total. The second-order valence-corrected chi connectivity index (χ2v) is 7.33. The quantitative estimate of drug-likeness (QED) is 0.522. The maximum atomic E-state index is 10.2. The minimum atomic E-state index is 0.0163. The Morgan fingerprint density at radius 1 is 1.24 bits per heavy atom. The van der Waals surface area contributed by atoms with E-state index in [4.69, 9.17) is 4.74 Å². The van der Waals surface area contributed by atoms with Gasteiger partial charge in [-0.1, -0.05) is 32.0 Å². The van der Waals surface area contributed by atoms with E-state index in [9.17, 15) is 5.11 Å². The van der Waals surface area contributed by atoms with Gasteiger partial charge in [0.05, 0.1) is 13.7 Å². The van der Waals surface area contributed by atoms with E-state index >= 15 is 0 Å².